The second kappa shape index (κ2) is 8.61. The lowest BCUT2D eigenvalue weighted by Crippen LogP contribution is -2.34. The molecule has 31 heavy (non-hydrogen) atoms. The average Bonchev–Trinajstić information content (AvgIpc) is 2.73. The van der Waals surface area contributed by atoms with Gasteiger partial charge in [0.2, 0.25) is 0 Å². The van der Waals surface area contributed by atoms with Gasteiger partial charge in [0.25, 0.3) is 0 Å². The lowest BCUT2D eigenvalue weighted by atomic mass is 9.86. The van der Waals surface area contributed by atoms with Crippen molar-refractivity contribution in [2.45, 2.75) is 38.6 Å². The molecular formula is C25H23F4NO. The van der Waals surface area contributed by atoms with Gasteiger partial charge in [-0.1, -0.05) is 43.3 Å². The van der Waals surface area contributed by atoms with Crippen LogP contribution in [-0.4, -0.2) is 12.9 Å². The highest BCUT2D eigenvalue weighted by atomic mass is 19.4. The molecule has 0 radical (unpaired) electrons. The lowest BCUT2D eigenvalue weighted by molar-refractivity contribution is -0.274. The highest BCUT2D eigenvalue weighted by molar-refractivity contribution is 5.76. The number of alkyl halides is 3. The van der Waals surface area contributed by atoms with E-state index in [9.17, 15) is 17.6 Å². The Morgan fingerprint density at radius 1 is 1.00 bits per heavy atom. The number of fused-ring (bicyclic) bond motifs is 1. The minimum absolute atomic E-state index is 0.0630. The van der Waals surface area contributed by atoms with E-state index in [2.05, 4.69) is 16.6 Å². The maximum atomic E-state index is 13.8. The summed E-state index contributed by atoms with van der Waals surface area (Å²) in [5, 5.41) is 0. The SMILES string of the molecule is CCCN1c2cccc(-c3cccc(F)c3)c2CC[C@H]1c1cccc(OC(F)(F)F)c1. The summed E-state index contributed by atoms with van der Waals surface area (Å²) in [6, 6.07) is 18.7. The molecule has 0 saturated carbocycles. The summed E-state index contributed by atoms with van der Waals surface area (Å²) < 4.78 is 56.0. The first-order valence-corrected chi connectivity index (χ1v) is 10.4. The Morgan fingerprint density at radius 3 is 2.52 bits per heavy atom. The zero-order valence-electron chi connectivity index (χ0n) is 17.1. The van der Waals surface area contributed by atoms with Gasteiger partial charge in [0.05, 0.1) is 6.04 Å². The Labute approximate surface area is 179 Å². The van der Waals surface area contributed by atoms with Crippen molar-refractivity contribution in [2.24, 2.45) is 0 Å². The first-order valence-electron chi connectivity index (χ1n) is 10.4. The first kappa shape index (κ1) is 21.2. The van der Waals surface area contributed by atoms with Crippen molar-refractivity contribution in [1.82, 2.24) is 0 Å². The molecule has 1 heterocycles. The van der Waals surface area contributed by atoms with Gasteiger partial charge in [0, 0.05) is 12.2 Å². The molecule has 1 atom stereocenters. The number of halogens is 4. The molecule has 0 aromatic heterocycles. The number of nitrogens with zero attached hydrogens (tertiary/aromatic N) is 1. The maximum absolute atomic E-state index is 13.8. The van der Waals surface area contributed by atoms with Crippen LogP contribution in [0.5, 0.6) is 5.75 Å². The van der Waals surface area contributed by atoms with Gasteiger partial charge in [0.1, 0.15) is 11.6 Å². The molecule has 0 N–H and O–H groups in total. The van der Waals surface area contributed by atoms with Gasteiger partial charge < -0.3 is 9.64 Å². The average molecular weight is 429 g/mol. The molecule has 0 amide bonds. The summed E-state index contributed by atoms with van der Waals surface area (Å²) in [4.78, 5) is 2.24. The van der Waals surface area contributed by atoms with Gasteiger partial charge in [-0.15, -0.1) is 13.2 Å². The van der Waals surface area contributed by atoms with Gasteiger partial charge >= 0.3 is 6.36 Å². The molecule has 0 spiro atoms. The third-order valence-electron chi connectivity index (χ3n) is 5.58. The van der Waals surface area contributed by atoms with Crippen LogP contribution in [0.1, 0.15) is 36.9 Å². The quantitative estimate of drug-likeness (QED) is 0.395. The van der Waals surface area contributed by atoms with Crippen molar-refractivity contribution in [2.75, 3.05) is 11.4 Å². The molecule has 6 heteroatoms. The molecule has 3 aromatic rings. The fourth-order valence-electron chi connectivity index (χ4n) is 4.42. The summed E-state index contributed by atoms with van der Waals surface area (Å²) in [6.45, 7) is 2.83. The number of benzene rings is 3. The van der Waals surface area contributed by atoms with Crippen molar-refractivity contribution in [3.8, 4) is 16.9 Å². The maximum Gasteiger partial charge on any atom is 0.573 e. The summed E-state index contributed by atoms with van der Waals surface area (Å²) in [6.07, 6.45) is -2.34. The Balaban J connectivity index is 1.73. The third kappa shape index (κ3) is 4.68. The van der Waals surface area contributed by atoms with Crippen molar-refractivity contribution >= 4 is 5.69 Å². The van der Waals surface area contributed by atoms with Gasteiger partial charge in [-0.2, -0.15) is 0 Å². The molecule has 3 aromatic carbocycles. The minimum Gasteiger partial charge on any atom is -0.406 e. The van der Waals surface area contributed by atoms with Crippen LogP contribution in [0.2, 0.25) is 0 Å². The molecule has 4 rings (SSSR count). The van der Waals surface area contributed by atoms with E-state index in [0.717, 1.165) is 53.7 Å². The zero-order valence-corrected chi connectivity index (χ0v) is 17.1. The molecule has 162 valence electrons. The van der Waals surface area contributed by atoms with Gasteiger partial charge in [0.15, 0.2) is 0 Å². The number of hydrogen-bond donors (Lipinski definition) is 0. The van der Waals surface area contributed by atoms with Crippen LogP contribution >= 0.6 is 0 Å². The van der Waals surface area contributed by atoms with Crippen LogP contribution in [0.25, 0.3) is 11.1 Å². The summed E-state index contributed by atoms with van der Waals surface area (Å²) in [5.74, 6) is -0.489. The first-order chi connectivity index (χ1) is 14.9. The third-order valence-corrected chi connectivity index (χ3v) is 5.58. The molecule has 0 aliphatic carbocycles. The van der Waals surface area contributed by atoms with E-state index >= 15 is 0 Å². The summed E-state index contributed by atoms with van der Waals surface area (Å²) in [5.41, 5.74) is 4.79. The Hall–Kier alpha value is -3.02. The Kier molecular flexibility index (Phi) is 5.90. The van der Waals surface area contributed by atoms with E-state index < -0.39 is 6.36 Å². The van der Waals surface area contributed by atoms with Crippen LogP contribution in [-0.2, 0) is 6.42 Å². The van der Waals surface area contributed by atoms with Crippen molar-refractivity contribution in [3.05, 3.63) is 83.7 Å². The molecule has 2 nitrogen and oxygen atoms in total. The minimum atomic E-state index is -4.72. The van der Waals surface area contributed by atoms with E-state index in [1.807, 2.05) is 30.3 Å². The topological polar surface area (TPSA) is 12.5 Å². The molecular weight excluding hydrogens is 406 g/mol. The zero-order chi connectivity index (χ0) is 22.0. The van der Waals surface area contributed by atoms with E-state index in [1.165, 1.54) is 24.3 Å². The van der Waals surface area contributed by atoms with Gasteiger partial charge in [-0.05, 0) is 71.8 Å². The van der Waals surface area contributed by atoms with Crippen molar-refractivity contribution < 1.29 is 22.3 Å². The molecule has 0 bridgehead atoms. The summed E-state index contributed by atoms with van der Waals surface area (Å²) >= 11 is 0. The number of hydrogen-bond acceptors (Lipinski definition) is 2. The highest BCUT2D eigenvalue weighted by Gasteiger charge is 2.32. The molecule has 1 aliphatic heterocycles. The number of ether oxygens (including phenoxy) is 1. The monoisotopic (exact) mass is 429 g/mol. The predicted octanol–water partition coefficient (Wildman–Crippen LogP) is 7.30. The normalized spacial score (nSPS) is 16.2. The second-order valence-corrected chi connectivity index (χ2v) is 7.68. The summed E-state index contributed by atoms with van der Waals surface area (Å²) in [7, 11) is 0. The van der Waals surface area contributed by atoms with E-state index in [-0.39, 0.29) is 17.6 Å². The molecule has 1 aliphatic rings. The fraction of sp³-hybridized carbons (Fsp3) is 0.280. The second-order valence-electron chi connectivity index (χ2n) is 7.68. The van der Waals surface area contributed by atoms with Gasteiger partial charge in [-0.3, -0.25) is 0 Å². The van der Waals surface area contributed by atoms with Gasteiger partial charge in [-0.25, -0.2) is 4.39 Å². The van der Waals surface area contributed by atoms with Crippen molar-refractivity contribution in [1.29, 1.82) is 0 Å². The standard InChI is InChI=1S/C25H23F4NO/c1-2-14-30-23(18-7-4-9-20(16-18)31-25(27,28)29)13-12-22-21(10-5-11-24(22)30)17-6-3-8-19(26)15-17/h3-11,15-16,23H,2,12-14H2,1H3/t23-/m0/s1. The molecule has 0 unspecified atom stereocenters. The fourth-order valence-corrected chi connectivity index (χ4v) is 4.42. The number of rotatable bonds is 5. The molecule has 0 fully saturated rings. The van der Waals surface area contributed by atoms with Crippen LogP contribution in [0.15, 0.2) is 66.7 Å². The lowest BCUT2D eigenvalue weighted by Gasteiger charge is -2.40. The van der Waals surface area contributed by atoms with Crippen LogP contribution in [0, 0.1) is 5.82 Å². The molecule has 0 saturated heterocycles. The smallest absolute Gasteiger partial charge is 0.406 e. The highest BCUT2D eigenvalue weighted by Crippen LogP contribution is 2.43. The van der Waals surface area contributed by atoms with E-state index in [1.54, 1.807) is 12.1 Å². The van der Waals surface area contributed by atoms with E-state index in [0.29, 0.717) is 0 Å². The largest absolute Gasteiger partial charge is 0.573 e. The Morgan fingerprint density at radius 2 is 1.77 bits per heavy atom. The number of anilines is 1. The van der Waals surface area contributed by atoms with Crippen molar-refractivity contribution in [3.63, 3.8) is 0 Å². The van der Waals surface area contributed by atoms with Crippen LogP contribution < -0.4 is 9.64 Å². The van der Waals surface area contributed by atoms with Crippen LogP contribution in [0.4, 0.5) is 23.2 Å². The Bertz CT molecular complexity index is 1060. The predicted molar refractivity (Wildman–Crippen MR) is 114 cm³/mol. The van der Waals surface area contributed by atoms with E-state index in [4.69, 9.17) is 0 Å². The van der Waals surface area contributed by atoms with Crippen LogP contribution in [0.3, 0.4) is 0 Å².